The Morgan fingerprint density at radius 1 is 0.923 bits per heavy atom. The van der Waals surface area contributed by atoms with Gasteiger partial charge in [-0.1, -0.05) is 64.7 Å². The number of sulfone groups is 1. The summed E-state index contributed by atoms with van der Waals surface area (Å²) >= 11 is 0. The molecule has 148 valence electrons. The van der Waals surface area contributed by atoms with Crippen LogP contribution in [-0.4, -0.2) is 28.3 Å². The highest BCUT2D eigenvalue weighted by Crippen LogP contribution is 2.30. The quantitative estimate of drug-likeness (QED) is 0.312. The minimum atomic E-state index is -3.41. The minimum Gasteiger partial charge on any atom is -0.378 e. The fourth-order valence-electron chi connectivity index (χ4n) is 3.01. The predicted octanol–water partition coefficient (Wildman–Crippen LogP) is 6.11. The molecule has 0 radical (unpaired) electrons. The summed E-state index contributed by atoms with van der Waals surface area (Å²) in [6.45, 7) is 2.23. The molecule has 0 unspecified atom stereocenters. The zero-order chi connectivity index (χ0) is 19.4. The maximum Gasteiger partial charge on any atom is 0.180 e. The largest absolute Gasteiger partial charge is 0.378 e. The standard InChI is InChI=1S/C20H35N3O2S/c1-4-5-6-7-8-9-10-11-12-13-16-26(24,25)20-17-18(23(2)3)14-15-19(20)22-21/h14-15,17,21H,4-13,16H2,1-3H3. The number of hydrogen-bond acceptors (Lipinski definition) is 5. The second-order valence-electron chi connectivity index (χ2n) is 7.16. The van der Waals surface area contributed by atoms with Crippen LogP contribution < -0.4 is 4.90 Å². The van der Waals surface area contributed by atoms with Gasteiger partial charge in [0.05, 0.1) is 10.6 Å². The van der Waals surface area contributed by atoms with Crippen LogP contribution in [0.4, 0.5) is 11.4 Å². The van der Waals surface area contributed by atoms with Crippen molar-refractivity contribution in [2.75, 3.05) is 24.7 Å². The zero-order valence-electron chi connectivity index (χ0n) is 16.6. The molecule has 5 nitrogen and oxygen atoms in total. The fraction of sp³-hybridized carbons (Fsp3) is 0.700. The maximum absolute atomic E-state index is 12.7. The van der Waals surface area contributed by atoms with Crippen molar-refractivity contribution >= 4 is 21.2 Å². The summed E-state index contributed by atoms with van der Waals surface area (Å²) in [5.41, 5.74) is 8.27. The van der Waals surface area contributed by atoms with E-state index in [1.54, 1.807) is 18.2 Å². The van der Waals surface area contributed by atoms with Crippen molar-refractivity contribution in [1.29, 1.82) is 5.53 Å². The van der Waals surface area contributed by atoms with Gasteiger partial charge in [-0.25, -0.2) is 13.9 Å². The van der Waals surface area contributed by atoms with Crippen molar-refractivity contribution in [2.24, 2.45) is 5.11 Å². The molecule has 0 saturated carbocycles. The number of anilines is 1. The smallest absolute Gasteiger partial charge is 0.180 e. The summed E-state index contributed by atoms with van der Waals surface area (Å²) in [7, 11) is 0.326. The third-order valence-corrected chi connectivity index (χ3v) is 6.51. The minimum absolute atomic E-state index is 0.128. The van der Waals surface area contributed by atoms with Gasteiger partial charge >= 0.3 is 0 Å². The summed E-state index contributed by atoms with van der Waals surface area (Å²) in [5, 5.41) is 3.39. The third-order valence-electron chi connectivity index (χ3n) is 4.68. The summed E-state index contributed by atoms with van der Waals surface area (Å²) in [4.78, 5) is 2.03. The molecule has 6 heteroatoms. The monoisotopic (exact) mass is 381 g/mol. The van der Waals surface area contributed by atoms with E-state index in [2.05, 4.69) is 12.0 Å². The first-order valence-corrected chi connectivity index (χ1v) is 11.5. The van der Waals surface area contributed by atoms with Crippen LogP contribution >= 0.6 is 0 Å². The Hall–Kier alpha value is -1.43. The molecule has 1 N–H and O–H groups in total. The molecule has 0 saturated heterocycles. The lowest BCUT2D eigenvalue weighted by atomic mass is 10.1. The second-order valence-corrected chi connectivity index (χ2v) is 9.24. The molecule has 0 aromatic heterocycles. The molecule has 0 aliphatic rings. The van der Waals surface area contributed by atoms with Gasteiger partial charge in [0.1, 0.15) is 5.69 Å². The number of unbranched alkanes of at least 4 members (excludes halogenated alkanes) is 9. The SMILES string of the molecule is CCCCCCCCCCCCS(=O)(=O)c1cc(N(C)C)ccc1N=N. The van der Waals surface area contributed by atoms with Crippen molar-refractivity contribution in [3.63, 3.8) is 0 Å². The van der Waals surface area contributed by atoms with Gasteiger partial charge in [-0.05, 0) is 24.6 Å². The van der Waals surface area contributed by atoms with Crippen molar-refractivity contribution in [2.45, 2.75) is 76.0 Å². The van der Waals surface area contributed by atoms with Gasteiger partial charge in [0.25, 0.3) is 0 Å². The van der Waals surface area contributed by atoms with E-state index in [1.165, 1.54) is 44.9 Å². The fourth-order valence-corrected chi connectivity index (χ4v) is 4.55. The molecule has 26 heavy (non-hydrogen) atoms. The number of benzene rings is 1. The lowest BCUT2D eigenvalue weighted by Gasteiger charge is -2.15. The first kappa shape index (κ1) is 22.6. The highest BCUT2D eigenvalue weighted by molar-refractivity contribution is 7.91. The van der Waals surface area contributed by atoms with E-state index in [9.17, 15) is 8.42 Å². The Balaban J connectivity index is 2.42. The number of hydrogen-bond donors (Lipinski definition) is 1. The average molecular weight is 382 g/mol. The van der Waals surface area contributed by atoms with E-state index in [-0.39, 0.29) is 16.3 Å². The highest BCUT2D eigenvalue weighted by Gasteiger charge is 2.19. The van der Waals surface area contributed by atoms with Gasteiger partial charge in [0, 0.05) is 19.8 Å². The Kier molecular flexibility index (Phi) is 10.5. The highest BCUT2D eigenvalue weighted by atomic mass is 32.2. The van der Waals surface area contributed by atoms with E-state index in [0.29, 0.717) is 6.42 Å². The second kappa shape index (κ2) is 12.0. The summed E-state index contributed by atoms with van der Waals surface area (Å²) in [6.07, 6.45) is 11.7. The predicted molar refractivity (Wildman–Crippen MR) is 109 cm³/mol. The number of rotatable bonds is 14. The average Bonchev–Trinajstić information content (AvgIpc) is 2.62. The van der Waals surface area contributed by atoms with E-state index in [4.69, 9.17) is 5.53 Å². The van der Waals surface area contributed by atoms with Gasteiger partial charge < -0.3 is 4.90 Å². The molecule has 0 atom stereocenters. The molecule has 1 rings (SSSR count). The van der Waals surface area contributed by atoms with Gasteiger partial charge in [0.15, 0.2) is 9.84 Å². The molecule has 0 aliphatic carbocycles. The molecule has 0 bridgehead atoms. The molecule has 1 aromatic rings. The van der Waals surface area contributed by atoms with E-state index in [1.807, 2.05) is 19.0 Å². The molecule has 1 aromatic carbocycles. The molecule has 0 amide bonds. The van der Waals surface area contributed by atoms with Crippen molar-refractivity contribution in [1.82, 2.24) is 0 Å². The topological polar surface area (TPSA) is 73.6 Å². The summed E-state index contributed by atoms with van der Waals surface area (Å²) < 4.78 is 25.3. The van der Waals surface area contributed by atoms with Crippen LogP contribution in [0.5, 0.6) is 0 Å². The van der Waals surface area contributed by atoms with Gasteiger partial charge in [0.2, 0.25) is 0 Å². The van der Waals surface area contributed by atoms with Gasteiger partial charge in [-0.3, -0.25) is 0 Å². The van der Waals surface area contributed by atoms with E-state index >= 15 is 0 Å². The lowest BCUT2D eigenvalue weighted by molar-refractivity contribution is 0.558. The number of nitrogens with one attached hydrogen (secondary N) is 1. The summed E-state index contributed by atoms with van der Waals surface area (Å²) in [5.74, 6) is 0.128. The van der Waals surface area contributed by atoms with Gasteiger partial charge in [-0.2, -0.15) is 5.11 Å². The van der Waals surface area contributed by atoms with Crippen LogP contribution in [0.25, 0.3) is 0 Å². The Morgan fingerprint density at radius 2 is 1.46 bits per heavy atom. The van der Waals surface area contributed by atoms with Crippen LogP contribution in [0.15, 0.2) is 28.2 Å². The van der Waals surface area contributed by atoms with E-state index in [0.717, 1.165) is 18.5 Å². The maximum atomic E-state index is 12.7. The van der Waals surface area contributed by atoms with Crippen LogP contribution in [0.3, 0.4) is 0 Å². The molecular weight excluding hydrogens is 346 g/mol. The Labute approximate surface area is 159 Å². The van der Waals surface area contributed by atoms with Crippen molar-refractivity contribution < 1.29 is 8.42 Å². The van der Waals surface area contributed by atoms with Crippen molar-refractivity contribution in [3.05, 3.63) is 18.2 Å². The first-order valence-electron chi connectivity index (χ1n) is 9.84. The molecule has 0 aliphatic heterocycles. The lowest BCUT2D eigenvalue weighted by Crippen LogP contribution is -2.11. The van der Waals surface area contributed by atoms with Crippen LogP contribution in [0.2, 0.25) is 0 Å². The Morgan fingerprint density at radius 3 is 1.96 bits per heavy atom. The molecule has 0 spiro atoms. The van der Waals surface area contributed by atoms with Crippen LogP contribution in [-0.2, 0) is 9.84 Å². The normalized spacial score (nSPS) is 11.5. The van der Waals surface area contributed by atoms with Crippen molar-refractivity contribution in [3.8, 4) is 0 Å². The first-order chi connectivity index (χ1) is 12.4. The van der Waals surface area contributed by atoms with Crippen LogP contribution in [0, 0.1) is 5.53 Å². The summed E-state index contributed by atoms with van der Waals surface area (Å²) in [6, 6.07) is 5.01. The molecule has 0 heterocycles. The van der Waals surface area contributed by atoms with E-state index < -0.39 is 9.84 Å². The molecular formula is C20H35N3O2S. The Bertz CT molecular complexity index is 642. The third kappa shape index (κ3) is 7.85. The van der Waals surface area contributed by atoms with Crippen LogP contribution in [0.1, 0.15) is 71.1 Å². The molecule has 0 fully saturated rings. The number of nitrogens with zero attached hydrogens (tertiary/aromatic N) is 2. The zero-order valence-corrected chi connectivity index (χ0v) is 17.4. The van der Waals surface area contributed by atoms with Gasteiger partial charge in [-0.15, -0.1) is 0 Å².